The quantitative estimate of drug-likeness (QED) is 0.512. The average Bonchev–Trinajstić information content (AvgIpc) is 2.66. The van der Waals surface area contributed by atoms with E-state index in [-0.39, 0.29) is 17.1 Å². The Kier molecular flexibility index (Phi) is 5.04. The van der Waals surface area contributed by atoms with E-state index < -0.39 is 12.1 Å². The maximum absolute atomic E-state index is 12.8. The fourth-order valence-corrected chi connectivity index (χ4v) is 2.74. The van der Waals surface area contributed by atoms with Gasteiger partial charge in [0.15, 0.2) is 0 Å². The van der Waals surface area contributed by atoms with E-state index in [1.54, 1.807) is 12.1 Å². The third-order valence-electron chi connectivity index (χ3n) is 3.97. The Morgan fingerprint density at radius 2 is 1.58 bits per heavy atom. The van der Waals surface area contributed by atoms with Gasteiger partial charge in [-0.1, -0.05) is 67.2 Å². The molecule has 26 heavy (non-hydrogen) atoms. The standard InChI is InChI=1S/C22H18O4/c1-2-20(16-11-7-4-8-12-16)26-22(25)21-18(13-17(23)14-19(21)24)15-9-5-3-6-10-15/h2-14,20,23-24H,1H2. The number of carbonyl (C=O) groups excluding carboxylic acids is 1. The van der Waals surface area contributed by atoms with E-state index >= 15 is 0 Å². The Morgan fingerprint density at radius 1 is 0.962 bits per heavy atom. The Morgan fingerprint density at radius 3 is 2.19 bits per heavy atom. The number of phenols is 2. The van der Waals surface area contributed by atoms with Gasteiger partial charge in [0.25, 0.3) is 0 Å². The Labute approximate surface area is 151 Å². The lowest BCUT2D eigenvalue weighted by atomic mass is 9.98. The molecule has 0 aliphatic rings. The first-order valence-electron chi connectivity index (χ1n) is 8.10. The lowest BCUT2D eigenvalue weighted by molar-refractivity contribution is 0.0390. The summed E-state index contributed by atoms with van der Waals surface area (Å²) in [6.07, 6.45) is 0.868. The summed E-state index contributed by atoms with van der Waals surface area (Å²) in [5, 5.41) is 20.1. The summed E-state index contributed by atoms with van der Waals surface area (Å²) in [5.74, 6) is -1.18. The zero-order valence-corrected chi connectivity index (χ0v) is 14.0. The molecule has 1 unspecified atom stereocenters. The molecule has 0 aliphatic carbocycles. The monoisotopic (exact) mass is 346 g/mol. The van der Waals surface area contributed by atoms with Gasteiger partial charge in [-0.05, 0) is 23.3 Å². The second kappa shape index (κ2) is 7.57. The van der Waals surface area contributed by atoms with E-state index in [4.69, 9.17) is 4.74 Å². The van der Waals surface area contributed by atoms with Crippen molar-refractivity contribution in [3.63, 3.8) is 0 Å². The number of carbonyl (C=O) groups is 1. The highest BCUT2D eigenvalue weighted by molar-refractivity contribution is 6.00. The number of aromatic hydroxyl groups is 2. The molecular weight excluding hydrogens is 328 g/mol. The van der Waals surface area contributed by atoms with Gasteiger partial charge in [0.05, 0.1) is 0 Å². The van der Waals surface area contributed by atoms with Crippen LogP contribution in [0.15, 0.2) is 85.5 Å². The van der Waals surface area contributed by atoms with Crippen molar-refractivity contribution in [1.82, 2.24) is 0 Å². The van der Waals surface area contributed by atoms with Crippen molar-refractivity contribution in [3.05, 3.63) is 96.6 Å². The second-order valence-electron chi connectivity index (χ2n) is 5.73. The molecule has 0 spiro atoms. The highest BCUT2D eigenvalue weighted by atomic mass is 16.5. The normalized spacial score (nSPS) is 11.5. The van der Waals surface area contributed by atoms with E-state index in [2.05, 4.69) is 6.58 Å². The van der Waals surface area contributed by atoms with Crippen LogP contribution in [0.4, 0.5) is 0 Å². The lowest BCUT2D eigenvalue weighted by Gasteiger charge is -2.17. The summed E-state index contributed by atoms with van der Waals surface area (Å²) in [7, 11) is 0. The smallest absolute Gasteiger partial charge is 0.343 e. The third kappa shape index (κ3) is 3.59. The maximum atomic E-state index is 12.8. The first-order chi connectivity index (χ1) is 12.6. The SMILES string of the molecule is C=CC(OC(=O)c1c(O)cc(O)cc1-c1ccccc1)c1ccccc1. The molecule has 4 nitrogen and oxygen atoms in total. The van der Waals surface area contributed by atoms with Gasteiger partial charge in [-0.15, -0.1) is 0 Å². The van der Waals surface area contributed by atoms with Crippen molar-refractivity contribution < 1.29 is 19.7 Å². The number of phenolic OH excluding ortho intramolecular Hbond substituents is 2. The van der Waals surface area contributed by atoms with Crippen molar-refractivity contribution in [2.45, 2.75) is 6.10 Å². The van der Waals surface area contributed by atoms with Gasteiger partial charge < -0.3 is 14.9 Å². The van der Waals surface area contributed by atoms with Crippen molar-refractivity contribution in [1.29, 1.82) is 0 Å². The van der Waals surface area contributed by atoms with E-state index in [1.165, 1.54) is 12.1 Å². The molecule has 0 fully saturated rings. The largest absolute Gasteiger partial charge is 0.508 e. The minimum Gasteiger partial charge on any atom is -0.508 e. The zero-order chi connectivity index (χ0) is 18.5. The predicted octanol–water partition coefficient (Wildman–Crippen LogP) is 4.85. The van der Waals surface area contributed by atoms with Crippen LogP contribution in [0.3, 0.4) is 0 Å². The van der Waals surface area contributed by atoms with Crippen LogP contribution in [0.25, 0.3) is 11.1 Å². The molecule has 0 aliphatic heterocycles. The van der Waals surface area contributed by atoms with Gasteiger partial charge in [-0.2, -0.15) is 0 Å². The number of esters is 1. The third-order valence-corrected chi connectivity index (χ3v) is 3.97. The fraction of sp³-hybridized carbons (Fsp3) is 0.0455. The molecule has 3 rings (SSSR count). The molecule has 0 amide bonds. The minimum atomic E-state index is -0.699. The first-order valence-corrected chi connectivity index (χ1v) is 8.10. The van der Waals surface area contributed by atoms with Crippen LogP contribution >= 0.6 is 0 Å². The highest BCUT2D eigenvalue weighted by Crippen LogP contribution is 2.36. The van der Waals surface area contributed by atoms with Gasteiger partial charge >= 0.3 is 5.97 Å². The number of benzene rings is 3. The molecule has 130 valence electrons. The van der Waals surface area contributed by atoms with Crippen LogP contribution in [-0.4, -0.2) is 16.2 Å². The Hall–Kier alpha value is -3.53. The molecule has 3 aromatic rings. The van der Waals surface area contributed by atoms with Gasteiger partial charge in [0.2, 0.25) is 0 Å². The first kappa shape index (κ1) is 17.3. The summed E-state index contributed by atoms with van der Waals surface area (Å²) in [4.78, 5) is 12.8. The molecule has 0 saturated carbocycles. The van der Waals surface area contributed by atoms with Crippen LogP contribution in [-0.2, 0) is 4.74 Å². The van der Waals surface area contributed by atoms with Crippen LogP contribution in [0.2, 0.25) is 0 Å². The number of hydrogen-bond acceptors (Lipinski definition) is 4. The molecule has 0 saturated heterocycles. The van der Waals surface area contributed by atoms with Crippen molar-refractivity contribution in [2.24, 2.45) is 0 Å². The van der Waals surface area contributed by atoms with Gasteiger partial charge in [-0.3, -0.25) is 0 Å². The van der Waals surface area contributed by atoms with E-state index in [0.29, 0.717) is 11.1 Å². The summed E-state index contributed by atoms with van der Waals surface area (Å²) < 4.78 is 5.56. The number of rotatable bonds is 5. The maximum Gasteiger partial charge on any atom is 0.343 e. The molecule has 2 N–H and O–H groups in total. The van der Waals surface area contributed by atoms with Gasteiger partial charge in [-0.25, -0.2) is 4.79 Å². The van der Waals surface area contributed by atoms with Gasteiger partial charge in [0, 0.05) is 11.6 Å². The fourth-order valence-electron chi connectivity index (χ4n) is 2.74. The van der Waals surface area contributed by atoms with E-state index in [1.807, 2.05) is 48.5 Å². The summed E-state index contributed by atoms with van der Waals surface area (Å²) in [6, 6.07) is 20.8. The van der Waals surface area contributed by atoms with Crippen LogP contribution < -0.4 is 0 Å². The summed E-state index contributed by atoms with van der Waals surface area (Å²) in [6.45, 7) is 3.72. The molecular formula is C22H18O4. The summed E-state index contributed by atoms with van der Waals surface area (Å²) >= 11 is 0. The number of hydrogen-bond donors (Lipinski definition) is 2. The molecule has 0 radical (unpaired) electrons. The van der Waals surface area contributed by atoms with Crippen molar-refractivity contribution in [2.75, 3.05) is 0 Å². The van der Waals surface area contributed by atoms with Crippen LogP contribution in [0, 0.1) is 0 Å². The molecule has 3 aromatic carbocycles. The zero-order valence-electron chi connectivity index (χ0n) is 14.0. The van der Waals surface area contributed by atoms with Crippen LogP contribution in [0.1, 0.15) is 22.0 Å². The highest BCUT2D eigenvalue weighted by Gasteiger charge is 2.23. The molecule has 0 bridgehead atoms. The second-order valence-corrected chi connectivity index (χ2v) is 5.73. The van der Waals surface area contributed by atoms with Crippen molar-refractivity contribution >= 4 is 5.97 Å². The lowest BCUT2D eigenvalue weighted by Crippen LogP contribution is -2.11. The Bertz CT molecular complexity index is 918. The molecule has 4 heteroatoms. The molecule has 1 atom stereocenters. The Balaban J connectivity index is 2.00. The van der Waals surface area contributed by atoms with Crippen molar-refractivity contribution in [3.8, 4) is 22.6 Å². The topological polar surface area (TPSA) is 66.8 Å². The average molecular weight is 346 g/mol. The predicted molar refractivity (Wildman–Crippen MR) is 100 cm³/mol. The molecule has 0 heterocycles. The van der Waals surface area contributed by atoms with E-state index in [9.17, 15) is 15.0 Å². The van der Waals surface area contributed by atoms with E-state index in [0.717, 1.165) is 11.6 Å². The minimum absolute atomic E-state index is 0.00298. The number of ether oxygens (including phenoxy) is 1. The van der Waals surface area contributed by atoms with Gasteiger partial charge in [0.1, 0.15) is 23.2 Å². The summed E-state index contributed by atoms with van der Waals surface area (Å²) in [5.41, 5.74) is 1.84. The van der Waals surface area contributed by atoms with Crippen LogP contribution in [0.5, 0.6) is 11.5 Å². The molecule has 0 aromatic heterocycles.